The molecule has 8 nitrogen and oxygen atoms in total. The quantitative estimate of drug-likeness (QED) is 0.251. The Kier molecular flexibility index (Phi) is 8.97. The minimum absolute atomic E-state index is 0.0143. The second-order valence-electron chi connectivity index (χ2n) is 8.29. The van der Waals surface area contributed by atoms with E-state index in [0.717, 1.165) is 33.2 Å². The molecule has 9 heteroatoms. The first-order valence-electron chi connectivity index (χ1n) is 11.2. The fourth-order valence-electron chi connectivity index (χ4n) is 3.39. The van der Waals surface area contributed by atoms with Crippen molar-refractivity contribution in [1.82, 2.24) is 26.1 Å². The van der Waals surface area contributed by atoms with E-state index in [-0.39, 0.29) is 12.3 Å². The fourth-order valence-corrected chi connectivity index (χ4v) is 4.30. The molecule has 1 atom stereocenters. The molecule has 182 valence electrons. The summed E-state index contributed by atoms with van der Waals surface area (Å²) >= 11 is 1.53. The summed E-state index contributed by atoms with van der Waals surface area (Å²) in [5.74, 6) is -0.416. The summed E-state index contributed by atoms with van der Waals surface area (Å²) in [5.41, 5.74) is 10.0. The maximum Gasteiger partial charge on any atom is 0.269 e. The van der Waals surface area contributed by atoms with Crippen LogP contribution in [0.4, 0.5) is 0 Å². The lowest BCUT2D eigenvalue weighted by Gasteiger charge is -2.18. The number of aromatic nitrogens is 2. The molecule has 0 aliphatic rings. The van der Waals surface area contributed by atoms with Gasteiger partial charge in [0, 0.05) is 29.6 Å². The molecule has 35 heavy (non-hydrogen) atoms. The van der Waals surface area contributed by atoms with E-state index in [9.17, 15) is 14.4 Å². The van der Waals surface area contributed by atoms with Crippen molar-refractivity contribution in [2.24, 2.45) is 0 Å². The van der Waals surface area contributed by atoms with Gasteiger partial charge in [-0.3, -0.25) is 25.2 Å². The highest BCUT2D eigenvalue weighted by molar-refractivity contribution is 7.98. The van der Waals surface area contributed by atoms with Crippen molar-refractivity contribution in [3.05, 3.63) is 88.2 Å². The molecule has 3 N–H and O–H groups in total. The fraction of sp³-hybridized carbons (Fsp3) is 0.269. The lowest BCUT2D eigenvalue weighted by atomic mass is 10.0. The highest BCUT2D eigenvalue weighted by Gasteiger charge is 2.18. The molecule has 2 aromatic carbocycles. The molecule has 0 bridgehead atoms. The van der Waals surface area contributed by atoms with Gasteiger partial charge in [0.2, 0.25) is 11.8 Å². The van der Waals surface area contributed by atoms with Gasteiger partial charge < -0.3 is 5.32 Å². The van der Waals surface area contributed by atoms with Gasteiger partial charge in [0.1, 0.15) is 0 Å². The van der Waals surface area contributed by atoms with Crippen molar-refractivity contribution < 1.29 is 14.4 Å². The maximum absolute atomic E-state index is 12.5. The average molecular weight is 492 g/mol. The summed E-state index contributed by atoms with van der Waals surface area (Å²) in [6, 6.07) is 16.1. The van der Waals surface area contributed by atoms with Crippen molar-refractivity contribution in [3.8, 4) is 0 Å². The summed E-state index contributed by atoms with van der Waals surface area (Å²) in [7, 11) is 0. The molecule has 0 aliphatic carbocycles. The lowest BCUT2D eigenvalue weighted by molar-refractivity contribution is -0.123. The Morgan fingerprint density at radius 1 is 0.886 bits per heavy atom. The Bertz CT molecular complexity index is 1180. The van der Waals surface area contributed by atoms with Crippen LogP contribution in [0.2, 0.25) is 0 Å². The molecule has 0 spiro atoms. The van der Waals surface area contributed by atoms with Crippen molar-refractivity contribution in [2.75, 3.05) is 0 Å². The molecule has 3 amide bonds. The van der Waals surface area contributed by atoms with E-state index in [4.69, 9.17) is 0 Å². The molecule has 0 aliphatic heterocycles. The summed E-state index contributed by atoms with van der Waals surface area (Å²) in [5, 5.41) is 3.50. The third kappa shape index (κ3) is 8.22. The van der Waals surface area contributed by atoms with Crippen LogP contribution in [0.5, 0.6) is 0 Å². The van der Waals surface area contributed by atoms with Crippen LogP contribution >= 0.6 is 11.8 Å². The number of carbonyl (C=O) groups excluding carboxylic acids is 3. The number of nitrogens with one attached hydrogen (secondary N) is 3. The third-order valence-corrected chi connectivity index (χ3v) is 6.03. The van der Waals surface area contributed by atoms with Crippen molar-refractivity contribution in [1.29, 1.82) is 0 Å². The predicted octanol–water partition coefficient (Wildman–Crippen LogP) is 3.72. The number of hydrogen-bond donors (Lipinski definition) is 3. The highest BCUT2D eigenvalue weighted by atomic mass is 32.2. The molecule has 1 unspecified atom stereocenters. The summed E-state index contributed by atoms with van der Waals surface area (Å²) in [6.45, 7) is 7.24. The van der Waals surface area contributed by atoms with Gasteiger partial charge in [0.15, 0.2) is 5.16 Å². The number of hydrogen-bond acceptors (Lipinski definition) is 6. The smallest absolute Gasteiger partial charge is 0.269 e. The number of amides is 3. The largest absolute Gasteiger partial charge is 0.349 e. The highest BCUT2D eigenvalue weighted by Crippen LogP contribution is 2.20. The Balaban J connectivity index is 1.51. The van der Waals surface area contributed by atoms with Crippen molar-refractivity contribution in [2.45, 2.75) is 51.1 Å². The third-order valence-electron chi connectivity index (χ3n) is 5.11. The first-order chi connectivity index (χ1) is 16.7. The van der Waals surface area contributed by atoms with Gasteiger partial charge in [-0.2, -0.15) is 0 Å². The number of nitrogens with zero attached hydrogens (tertiary/aromatic N) is 2. The molecule has 3 aromatic rings. The Morgan fingerprint density at radius 3 is 2.11 bits per heavy atom. The Labute approximate surface area is 209 Å². The maximum atomic E-state index is 12.5. The molecular formula is C26H29N5O3S. The normalized spacial score (nSPS) is 11.4. The van der Waals surface area contributed by atoms with Crippen molar-refractivity contribution >= 4 is 29.5 Å². The van der Waals surface area contributed by atoms with Gasteiger partial charge >= 0.3 is 0 Å². The average Bonchev–Trinajstić information content (AvgIpc) is 2.81. The molecule has 1 aromatic heterocycles. The van der Waals surface area contributed by atoms with Crippen LogP contribution in [-0.4, -0.2) is 27.7 Å². The van der Waals surface area contributed by atoms with Gasteiger partial charge in [-0.05, 0) is 50.1 Å². The zero-order chi connectivity index (χ0) is 25.4. The molecule has 1 heterocycles. The van der Waals surface area contributed by atoms with Crippen LogP contribution in [0.15, 0.2) is 59.8 Å². The molecule has 0 radical (unpaired) electrons. The van der Waals surface area contributed by atoms with Crippen LogP contribution in [-0.2, 0) is 15.3 Å². The van der Waals surface area contributed by atoms with Crippen LogP contribution in [0.3, 0.4) is 0 Å². The van der Waals surface area contributed by atoms with Crippen LogP contribution in [0, 0.1) is 20.8 Å². The number of benzene rings is 2. The lowest BCUT2D eigenvalue weighted by Crippen LogP contribution is -2.43. The summed E-state index contributed by atoms with van der Waals surface area (Å²) < 4.78 is 0. The predicted molar refractivity (Wildman–Crippen MR) is 135 cm³/mol. The minimum atomic E-state index is -0.497. The molecule has 3 rings (SSSR count). The SMILES string of the molecule is CC(=O)NC(CC(=O)NNC(=O)c1ccc(CSc2nc(C)cc(C)n2)cc1)c1ccc(C)cc1. The Hall–Kier alpha value is -3.72. The van der Waals surface area contributed by atoms with Gasteiger partial charge in [0.05, 0.1) is 12.5 Å². The van der Waals surface area contributed by atoms with Gasteiger partial charge in [-0.15, -0.1) is 0 Å². The van der Waals surface area contributed by atoms with E-state index >= 15 is 0 Å². The number of thioether (sulfide) groups is 1. The van der Waals surface area contributed by atoms with Gasteiger partial charge in [0.25, 0.3) is 5.91 Å². The summed E-state index contributed by atoms with van der Waals surface area (Å²) in [4.78, 5) is 45.3. The van der Waals surface area contributed by atoms with Gasteiger partial charge in [-0.1, -0.05) is 53.7 Å². The zero-order valence-corrected chi connectivity index (χ0v) is 21.0. The van der Waals surface area contributed by atoms with Crippen LogP contribution < -0.4 is 16.2 Å². The molecule has 0 fully saturated rings. The summed E-state index contributed by atoms with van der Waals surface area (Å²) in [6.07, 6.45) is -0.0143. The number of aryl methyl sites for hydroxylation is 3. The minimum Gasteiger partial charge on any atom is -0.349 e. The Morgan fingerprint density at radius 2 is 1.51 bits per heavy atom. The van der Waals surface area contributed by atoms with E-state index in [1.807, 2.05) is 63.2 Å². The zero-order valence-electron chi connectivity index (χ0n) is 20.2. The van der Waals surface area contributed by atoms with Crippen LogP contribution in [0.25, 0.3) is 0 Å². The number of carbonyl (C=O) groups is 3. The van der Waals surface area contributed by atoms with E-state index < -0.39 is 17.9 Å². The number of hydrazine groups is 1. The first kappa shape index (κ1) is 25.9. The first-order valence-corrected chi connectivity index (χ1v) is 12.1. The topological polar surface area (TPSA) is 113 Å². The van der Waals surface area contributed by atoms with E-state index in [1.54, 1.807) is 12.1 Å². The van der Waals surface area contributed by atoms with E-state index in [2.05, 4.69) is 26.1 Å². The van der Waals surface area contributed by atoms with E-state index in [0.29, 0.717) is 11.3 Å². The molecular weight excluding hydrogens is 462 g/mol. The van der Waals surface area contributed by atoms with Crippen molar-refractivity contribution in [3.63, 3.8) is 0 Å². The second kappa shape index (κ2) is 12.1. The molecule has 0 saturated heterocycles. The van der Waals surface area contributed by atoms with Crippen LogP contribution in [0.1, 0.15) is 57.8 Å². The van der Waals surface area contributed by atoms with Gasteiger partial charge in [-0.25, -0.2) is 9.97 Å². The monoisotopic (exact) mass is 491 g/mol. The molecule has 0 saturated carbocycles. The second-order valence-corrected chi connectivity index (χ2v) is 9.23. The van der Waals surface area contributed by atoms with E-state index in [1.165, 1.54) is 18.7 Å². The number of rotatable bonds is 8. The standard InChI is InChI=1S/C26H29N5O3S/c1-16-5-9-21(10-6-16)23(29-19(4)32)14-24(33)30-31-25(34)22-11-7-20(8-12-22)15-35-26-27-17(2)13-18(3)28-26/h5-13,23H,14-15H2,1-4H3,(H,29,32)(H,30,33)(H,31,34).